The average Bonchev–Trinajstić information content (AvgIpc) is 2.76. The summed E-state index contributed by atoms with van der Waals surface area (Å²) in [6.07, 6.45) is 0.175. The average molecular weight is 317 g/mol. The lowest BCUT2D eigenvalue weighted by molar-refractivity contribution is -0.142. The van der Waals surface area contributed by atoms with E-state index in [2.05, 4.69) is 9.71 Å². The number of ether oxygens (including phenoxy) is 1. The second kappa shape index (κ2) is 7.21. The lowest BCUT2D eigenvalue weighted by Crippen LogP contribution is -2.25. The number of carbonyl (C=O) groups is 1. The largest absolute Gasteiger partial charge is 0.466 e. The van der Waals surface area contributed by atoms with E-state index in [1.54, 1.807) is 25.3 Å². The number of hydrogen-bond donors (Lipinski definition) is 1. The van der Waals surface area contributed by atoms with E-state index in [1.807, 2.05) is 0 Å². The number of carbonyl (C=O) groups excluding carboxylic acids is 1. The highest BCUT2D eigenvalue weighted by Gasteiger charge is 2.24. The zero-order chi connectivity index (χ0) is 15.2. The molecule has 9 heteroatoms. The van der Waals surface area contributed by atoms with Crippen molar-refractivity contribution in [1.82, 2.24) is 4.98 Å². The summed E-state index contributed by atoms with van der Waals surface area (Å²) >= 11 is 1.06. The number of aromatic nitrogens is 1. The van der Waals surface area contributed by atoms with Gasteiger partial charge in [-0.1, -0.05) is 6.92 Å². The fourth-order valence-electron chi connectivity index (χ4n) is 1.37. The van der Waals surface area contributed by atoms with Crippen LogP contribution in [0.5, 0.6) is 0 Å². The molecule has 0 aliphatic carbocycles. The molecular formula is C11H15N3O4S2. The first-order chi connectivity index (χ1) is 9.42. The van der Waals surface area contributed by atoms with E-state index in [0.29, 0.717) is 5.69 Å². The van der Waals surface area contributed by atoms with Crippen LogP contribution < -0.4 is 4.72 Å². The van der Waals surface area contributed by atoms with Crippen LogP contribution in [0.1, 0.15) is 26.0 Å². The third-order valence-corrected chi connectivity index (χ3v) is 4.90. The molecule has 1 rings (SSSR count). The number of rotatable bonds is 7. The van der Waals surface area contributed by atoms with Crippen LogP contribution in [0.2, 0.25) is 0 Å². The monoisotopic (exact) mass is 317 g/mol. The van der Waals surface area contributed by atoms with E-state index >= 15 is 0 Å². The van der Waals surface area contributed by atoms with Gasteiger partial charge >= 0.3 is 5.97 Å². The molecule has 0 fully saturated rings. The minimum Gasteiger partial charge on any atom is -0.466 e. The van der Waals surface area contributed by atoms with Crippen molar-refractivity contribution in [3.8, 4) is 6.07 Å². The molecule has 0 bridgehead atoms. The number of esters is 1. The maximum Gasteiger partial charge on any atom is 0.311 e. The molecule has 1 heterocycles. The van der Waals surface area contributed by atoms with Gasteiger partial charge < -0.3 is 4.74 Å². The van der Waals surface area contributed by atoms with Gasteiger partial charge in [0.25, 0.3) is 10.0 Å². The van der Waals surface area contributed by atoms with Gasteiger partial charge in [-0.3, -0.25) is 9.52 Å². The first-order valence-electron chi connectivity index (χ1n) is 5.94. The normalized spacial score (nSPS) is 12.4. The molecule has 110 valence electrons. The van der Waals surface area contributed by atoms with Crippen molar-refractivity contribution in [3.63, 3.8) is 0 Å². The number of hydrogen-bond acceptors (Lipinski definition) is 7. The maximum absolute atomic E-state index is 11.8. The van der Waals surface area contributed by atoms with E-state index in [0.717, 1.165) is 11.3 Å². The molecule has 20 heavy (non-hydrogen) atoms. The summed E-state index contributed by atoms with van der Waals surface area (Å²) in [6.45, 7) is 3.59. The summed E-state index contributed by atoms with van der Waals surface area (Å²) in [4.78, 5) is 15.3. The molecule has 1 aromatic heterocycles. The van der Waals surface area contributed by atoms with Gasteiger partial charge in [0.05, 0.1) is 24.8 Å². The molecule has 1 aromatic rings. The number of nitrogens with one attached hydrogen (secondary N) is 1. The van der Waals surface area contributed by atoms with Gasteiger partial charge in [-0.15, -0.1) is 11.3 Å². The highest BCUT2D eigenvalue weighted by Crippen LogP contribution is 2.19. The molecule has 0 aliphatic heterocycles. The predicted octanol–water partition coefficient (Wildman–Crippen LogP) is 1.29. The Hall–Kier alpha value is -1.66. The SMILES string of the molecule is CCOC(=O)Cc1csc(NS(=O)(=O)C(C#N)CC)n1. The molecule has 0 saturated carbocycles. The molecule has 0 aromatic carbocycles. The standard InChI is InChI=1S/C11H15N3O4S2/c1-3-9(6-12)20(16,17)14-11-13-8(7-19-11)5-10(15)18-4-2/h7,9H,3-5H2,1-2H3,(H,13,14). The van der Waals surface area contributed by atoms with Crippen LogP contribution in [0, 0.1) is 11.3 Å². The Morgan fingerprint density at radius 2 is 2.30 bits per heavy atom. The fraction of sp³-hybridized carbons (Fsp3) is 0.545. The van der Waals surface area contributed by atoms with Crippen molar-refractivity contribution < 1.29 is 17.9 Å². The van der Waals surface area contributed by atoms with E-state index in [-0.39, 0.29) is 24.6 Å². The second-order valence-electron chi connectivity index (χ2n) is 3.80. The molecule has 0 spiro atoms. The van der Waals surface area contributed by atoms with Crippen LogP contribution in [0.3, 0.4) is 0 Å². The molecule has 1 atom stereocenters. The van der Waals surface area contributed by atoms with Gasteiger partial charge in [0, 0.05) is 5.38 Å². The minimum absolute atomic E-state index is 0.0124. The van der Waals surface area contributed by atoms with Gasteiger partial charge in [0.15, 0.2) is 10.4 Å². The zero-order valence-corrected chi connectivity index (χ0v) is 12.8. The molecule has 0 saturated heterocycles. The quantitative estimate of drug-likeness (QED) is 0.759. The maximum atomic E-state index is 11.8. The molecule has 7 nitrogen and oxygen atoms in total. The summed E-state index contributed by atoms with van der Waals surface area (Å²) in [5.41, 5.74) is 0.427. The summed E-state index contributed by atoms with van der Waals surface area (Å²) in [5, 5.41) is 9.36. The van der Waals surface area contributed by atoms with E-state index in [4.69, 9.17) is 10.00 Å². The molecule has 0 radical (unpaired) electrons. The van der Waals surface area contributed by atoms with Crippen molar-refractivity contribution >= 4 is 32.5 Å². The third kappa shape index (κ3) is 4.47. The Morgan fingerprint density at radius 1 is 1.60 bits per heavy atom. The molecule has 1 unspecified atom stereocenters. The predicted molar refractivity (Wildman–Crippen MR) is 74.7 cm³/mol. The van der Waals surface area contributed by atoms with Crippen molar-refractivity contribution in [3.05, 3.63) is 11.1 Å². The summed E-state index contributed by atoms with van der Waals surface area (Å²) in [6, 6.07) is 1.72. The topological polar surface area (TPSA) is 109 Å². The van der Waals surface area contributed by atoms with Crippen LogP contribution in [0.4, 0.5) is 5.13 Å². The molecule has 0 aliphatic rings. The number of nitrogens with zero attached hydrogens (tertiary/aromatic N) is 2. The van der Waals surface area contributed by atoms with Crippen molar-refractivity contribution in [2.75, 3.05) is 11.3 Å². The van der Waals surface area contributed by atoms with Crippen LogP contribution in [0.15, 0.2) is 5.38 Å². The summed E-state index contributed by atoms with van der Waals surface area (Å²) < 4.78 is 30.7. The lowest BCUT2D eigenvalue weighted by Gasteiger charge is -2.08. The molecule has 1 N–H and O–H groups in total. The Balaban J connectivity index is 2.74. The smallest absolute Gasteiger partial charge is 0.311 e. The van der Waals surface area contributed by atoms with Gasteiger partial charge in [0.1, 0.15) is 0 Å². The van der Waals surface area contributed by atoms with Crippen molar-refractivity contribution in [2.45, 2.75) is 31.9 Å². The third-order valence-electron chi connectivity index (χ3n) is 2.30. The zero-order valence-electron chi connectivity index (χ0n) is 11.1. The molecule has 0 amide bonds. The van der Waals surface area contributed by atoms with E-state index < -0.39 is 21.2 Å². The van der Waals surface area contributed by atoms with Gasteiger partial charge in [-0.2, -0.15) is 5.26 Å². The Bertz CT molecular complexity index is 603. The molecular weight excluding hydrogens is 302 g/mol. The Labute approximate surface area is 121 Å². The van der Waals surface area contributed by atoms with E-state index in [9.17, 15) is 13.2 Å². The van der Waals surface area contributed by atoms with Crippen LogP contribution in [-0.2, 0) is 26.0 Å². The van der Waals surface area contributed by atoms with Crippen LogP contribution in [0.25, 0.3) is 0 Å². The fourth-order valence-corrected chi connectivity index (χ4v) is 3.47. The van der Waals surface area contributed by atoms with Gasteiger partial charge in [0.2, 0.25) is 0 Å². The minimum atomic E-state index is -3.78. The van der Waals surface area contributed by atoms with Gasteiger partial charge in [-0.05, 0) is 13.3 Å². The van der Waals surface area contributed by atoms with Crippen LogP contribution >= 0.6 is 11.3 Å². The number of thiazole rings is 1. The summed E-state index contributed by atoms with van der Waals surface area (Å²) in [7, 11) is -3.78. The Kier molecular flexibility index (Phi) is 5.91. The number of sulfonamides is 1. The first-order valence-corrected chi connectivity index (χ1v) is 8.36. The van der Waals surface area contributed by atoms with Crippen molar-refractivity contribution in [1.29, 1.82) is 5.26 Å². The highest BCUT2D eigenvalue weighted by molar-refractivity contribution is 7.93. The first kappa shape index (κ1) is 16.4. The van der Waals surface area contributed by atoms with Crippen molar-refractivity contribution in [2.24, 2.45) is 0 Å². The van der Waals surface area contributed by atoms with E-state index in [1.165, 1.54) is 0 Å². The number of anilines is 1. The summed E-state index contributed by atoms with van der Waals surface area (Å²) in [5.74, 6) is -0.421. The lowest BCUT2D eigenvalue weighted by atomic mass is 10.3. The Morgan fingerprint density at radius 3 is 2.85 bits per heavy atom. The van der Waals surface area contributed by atoms with Crippen LogP contribution in [-0.4, -0.2) is 31.2 Å². The second-order valence-corrected chi connectivity index (χ2v) is 6.52. The number of nitriles is 1. The highest BCUT2D eigenvalue weighted by atomic mass is 32.2. The van der Waals surface area contributed by atoms with Gasteiger partial charge in [-0.25, -0.2) is 13.4 Å².